The molecule has 0 radical (unpaired) electrons. The van der Waals surface area contributed by atoms with Gasteiger partial charge in [-0.3, -0.25) is 14.7 Å². The Hall–Kier alpha value is -2.58. The van der Waals surface area contributed by atoms with E-state index in [1.54, 1.807) is 12.4 Å². The van der Waals surface area contributed by atoms with Crippen LogP contribution in [0.3, 0.4) is 0 Å². The van der Waals surface area contributed by atoms with Crippen molar-refractivity contribution in [1.29, 1.82) is 0 Å². The Bertz CT molecular complexity index is 1290. The lowest BCUT2D eigenvalue weighted by molar-refractivity contribution is -0.122. The third kappa shape index (κ3) is 4.74. The van der Waals surface area contributed by atoms with Gasteiger partial charge >= 0.3 is 0 Å². The van der Waals surface area contributed by atoms with Crippen molar-refractivity contribution in [1.82, 2.24) is 14.9 Å². The van der Waals surface area contributed by atoms with Crippen LogP contribution in [0, 0.1) is 5.92 Å². The summed E-state index contributed by atoms with van der Waals surface area (Å²) in [6.07, 6.45) is 6.72. The molecule has 2 atom stereocenters. The molecule has 2 aromatic heterocycles. The second-order valence-corrected chi connectivity index (χ2v) is 11.5. The molecule has 37 heavy (non-hydrogen) atoms. The minimum absolute atomic E-state index is 0.0129. The SMILES string of the molecule is CC1(N2CCC(c3cc4cc(NC(=O)C5CC(c6ccccn6)C5)ncc4cc3Cl)CC2)COCC1O. The fraction of sp³-hybridized carbons (Fsp3) is 0.483. The van der Waals surface area contributed by atoms with Gasteiger partial charge in [-0.1, -0.05) is 17.7 Å². The number of amides is 1. The van der Waals surface area contributed by atoms with Crippen molar-refractivity contribution >= 4 is 34.1 Å². The van der Waals surface area contributed by atoms with Crippen LogP contribution in [0.1, 0.15) is 55.7 Å². The highest BCUT2D eigenvalue weighted by Crippen LogP contribution is 2.42. The van der Waals surface area contributed by atoms with Crippen LogP contribution >= 0.6 is 11.6 Å². The number of carbonyl (C=O) groups excluding carboxylic acids is 1. The number of benzene rings is 1. The second kappa shape index (κ2) is 9.95. The van der Waals surface area contributed by atoms with E-state index in [0.29, 0.717) is 30.9 Å². The van der Waals surface area contributed by atoms with Crippen molar-refractivity contribution in [2.24, 2.45) is 5.92 Å². The largest absolute Gasteiger partial charge is 0.389 e. The molecule has 2 aliphatic heterocycles. The molecular weight excluding hydrogens is 488 g/mol. The summed E-state index contributed by atoms with van der Waals surface area (Å²) in [6.45, 7) is 4.87. The third-order valence-corrected chi connectivity index (χ3v) is 9.08. The smallest absolute Gasteiger partial charge is 0.228 e. The van der Waals surface area contributed by atoms with Crippen molar-refractivity contribution < 1.29 is 14.6 Å². The fourth-order valence-electron chi connectivity index (χ4n) is 6.14. The molecule has 7 nitrogen and oxygen atoms in total. The molecule has 0 spiro atoms. The van der Waals surface area contributed by atoms with Crippen LogP contribution in [-0.2, 0) is 9.53 Å². The summed E-state index contributed by atoms with van der Waals surface area (Å²) in [5.74, 6) is 1.28. The summed E-state index contributed by atoms with van der Waals surface area (Å²) >= 11 is 6.73. The van der Waals surface area contributed by atoms with Crippen LogP contribution in [0.15, 0.2) is 48.8 Å². The van der Waals surface area contributed by atoms with Crippen molar-refractivity contribution in [3.05, 3.63) is 65.1 Å². The zero-order valence-electron chi connectivity index (χ0n) is 21.1. The van der Waals surface area contributed by atoms with E-state index in [9.17, 15) is 9.90 Å². The Morgan fingerprint density at radius 1 is 1.14 bits per heavy atom. The number of nitrogens with zero attached hydrogens (tertiary/aromatic N) is 3. The highest BCUT2D eigenvalue weighted by Gasteiger charge is 2.45. The van der Waals surface area contributed by atoms with E-state index in [1.165, 1.54) is 0 Å². The molecule has 194 valence electrons. The van der Waals surface area contributed by atoms with E-state index in [0.717, 1.165) is 65.8 Å². The summed E-state index contributed by atoms with van der Waals surface area (Å²) in [6, 6.07) is 12.0. The van der Waals surface area contributed by atoms with Crippen LogP contribution in [0.4, 0.5) is 5.82 Å². The van der Waals surface area contributed by atoms with Gasteiger partial charge in [-0.05, 0) is 92.9 Å². The number of fused-ring (bicyclic) bond motifs is 1. The molecule has 4 heterocycles. The Kier molecular flexibility index (Phi) is 6.65. The normalized spacial score (nSPS) is 28.8. The number of pyridine rings is 2. The molecule has 3 fully saturated rings. The van der Waals surface area contributed by atoms with Crippen molar-refractivity contribution in [3.63, 3.8) is 0 Å². The number of aromatic nitrogens is 2. The second-order valence-electron chi connectivity index (χ2n) is 11.0. The Labute approximate surface area is 222 Å². The van der Waals surface area contributed by atoms with Gasteiger partial charge in [0.15, 0.2) is 0 Å². The number of rotatable bonds is 5. The molecule has 1 aliphatic carbocycles. The van der Waals surface area contributed by atoms with E-state index in [1.807, 2.05) is 30.3 Å². The Morgan fingerprint density at radius 2 is 1.95 bits per heavy atom. The van der Waals surface area contributed by atoms with E-state index in [2.05, 4.69) is 33.2 Å². The molecule has 6 rings (SSSR count). The maximum Gasteiger partial charge on any atom is 0.228 e. The topological polar surface area (TPSA) is 87.6 Å². The van der Waals surface area contributed by atoms with Crippen molar-refractivity contribution in [3.8, 4) is 0 Å². The number of aliphatic hydroxyl groups excluding tert-OH is 1. The number of hydrogen-bond donors (Lipinski definition) is 2. The van der Waals surface area contributed by atoms with E-state index < -0.39 is 6.10 Å². The first-order chi connectivity index (χ1) is 17.9. The van der Waals surface area contributed by atoms with E-state index in [4.69, 9.17) is 16.3 Å². The monoisotopic (exact) mass is 520 g/mol. The molecule has 8 heteroatoms. The average molecular weight is 521 g/mol. The van der Waals surface area contributed by atoms with Crippen LogP contribution in [0.25, 0.3) is 10.8 Å². The summed E-state index contributed by atoms with van der Waals surface area (Å²) in [7, 11) is 0. The zero-order chi connectivity index (χ0) is 25.6. The minimum Gasteiger partial charge on any atom is -0.389 e. The number of piperidine rings is 1. The highest BCUT2D eigenvalue weighted by atomic mass is 35.5. The predicted octanol–water partition coefficient (Wildman–Crippen LogP) is 4.74. The van der Waals surface area contributed by atoms with Gasteiger partial charge in [0.1, 0.15) is 5.82 Å². The molecule has 3 aromatic rings. The minimum atomic E-state index is -0.449. The lowest BCUT2D eigenvalue weighted by atomic mass is 9.72. The van der Waals surface area contributed by atoms with Gasteiger partial charge in [0.25, 0.3) is 0 Å². The van der Waals surface area contributed by atoms with Gasteiger partial charge in [-0.2, -0.15) is 0 Å². The van der Waals surface area contributed by atoms with Gasteiger partial charge < -0.3 is 15.2 Å². The molecule has 2 unspecified atom stereocenters. The number of anilines is 1. The molecule has 1 saturated carbocycles. The maximum atomic E-state index is 12.8. The molecule has 3 aliphatic rings. The number of halogens is 1. The number of likely N-dealkylation sites (tertiary alicyclic amines) is 1. The molecular formula is C29H33ClN4O3. The van der Waals surface area contributed by atoms with Gasteiger partial charge in [0.05, 0.1) is 24.9 Å². The van der Waals surface area contributed by atoms with Crippen LogP contribution in [0.5, 0.6) is 0 Å². The van der Waals surface area contributed by atoms with Crippen molar-refractivity contribution in [2.45, 2.75) is 56.1 Å². The first kappa shape index (κ1) is 24.7. The van der Waals surface area contributed by atoms with E-state index in [-0.39, 0.29) is 17.4 Å². The lowest BCUT2D eigenvalue weighted by Gasteiger charge is -2.43. The summed E-state index contributed by atoms with van der Waals surface area (Å²) < 4.78 is 5.54. The quantitative estimate of drug-likeness (QED) is 0.505. The van der Waals surface area contributed by atoms with E-state index >= 15 is 0 Å². The molecule has 1 amide bonds. The number of hydrogen-bond acceptors (Lipinski definition) is 6. The van der Waals surface area contributed by atoms with Crippen LogP contribution in [-0.4, -0.2) is 63.8 Å². The van der Waals surface area contributed by atoms with Gasteiger partial charge in [0, 0.05) is 40.3 Å². The number of nitrogens with one attached hydrogen (secondary N) is 1. The first-order valence-electron chi connectivity index (χ1n) is 13.2. The molecule has 2 N–H and O–H groups in total. The van der Waals surface area contributed by atoms with Gasteiger partial charge in [-0.25, -0.2) is 4.98 Å². The maximum absolute atomic E-state index is 12.8. The molecule has 2 saturated heterocycles. The standard InChI is InChI=1S/C29H33ClN4O3/c1-29(17-37-16-26(29)35)34-8-5-18(6-9-34)23-12-19-14-27(32-15-22(19)13-24(23)30)33-28(36)21-10-20(11-21)25-4-2-3-7-31-25/h2-4,7,12-15,18,20-21,26,35H,5-6,8-11,16-17H2,1H3,(H,32,33,36). The van der Waals surface area contributed by atoms with Crippen LogP contribution < -0.4 is 5.32 Å². The predicted molar refractivity (Wildman–Crippen MR) is 144 cm³/mol. The number of ether oxygens (including phenoxy) is 1. The number of carbonyl (C=O) groups is 1. The van der Waals surface area contributed by atoms with Crippen molar-refractivity contribution in [2.75, 3.05) is 31.6 Å². The summed E-state index contributed by atoms with van der Waals surface area (Å²) in [5.41, 5.74) is 1.89. The molecule has 1 aromatic carbocycles. The summed E-state index contributed by atoms with van der Waals surface area (Å²) in [4.78, 5) is 24.1. The highest BCUT2D eigenvalue weighted by molar-refractivity contribution is 6.32. The van der Waals surface area contributed by atoms with Crippen LogP contribution in [0.2, 0.25) is 5.02 Å². The van der Waals surface area contributed by atoms with Gasteiger partial charge in [0.2, 0.25) is 5.91 Å². The third-order valence-electron chi connectivity index (χ3n) is 8.75. The first-order valence-corrected chi connectivity index (χ1v) is 13.6. The average Bonchev–Trinajstić information content (AvgIpc) is 3.22. The summed E-state index contributed by atoms with van der Waals surface area (Å²) in [5, 5.41) is 16.2. The Morgan fingerprint density at radius 3 is 2.65 bits per heavy atom. The zero-order valence-corrected chi connectivity index (χ0v) is 21.8. The molecule has 0 bridgehead atoms. The number of aliphatic hydroxyl groups is 1. The van der Waals surface area contributed by atoms with Gasteiger partial charge in [-0.15, -0.1) is 0 Å². The fourth-order valence-corrected chi connectivity index (χ4v) is 6.47. The lowest BCUT2D eigenvalue weighted by Crippen LogP contribution is -2.56. The Balaban J connectivity index is 1.12.